The molecule has 0 saturated heterocycles. The maximum Gasteiger partial charge on any atom is 0.326 e. The summed E-state index contributed by atoms with van der Waals surface area (Å²) < 4.78 is 111. The summed E-state index contributed by atoms with van der Waals surface area (Å²) in [7, 11) is -13.0. The molecule has 9 rings (SSSR count). The van der Waals surface area contributed by atoms with E-state index in [2.05, 4.69) is 67.5 Å². The van der Waals surface area contributed by atoms with Gasteiger partial charge in [0, 0.05) is 125 Å². The number of amides is 1. The Hall–Kier alpha value is -6.61. The monoisotopic (exact) mass is 1550 g/mol. The summed E-state index contributed by atoms with van der Waals surface area (Å²) >= 11 is 0. The number of carbonyl (C=O) groups is 2. The minimum absolute atomic E-state index is 0. The van der Waals surface area contributed by atoms with E-state index in [1.165, 1.54) is 6.20 Å². The van der Waals surface area contributed by atoms with E-state index in [-0.39, 0.29) is 108 Å². The first kappa shape index (κ1) is 71.8. The predicted octanol–water partition coefficient (Wildman–Crippen LogP) is 8.08. The molecule has 479 valence electrons. The third-order valence-corrected chi connectivity index (χ3v) is 18.4. The minimum Gasteiger partial charge on any atom is -0.748 e. The van der Waals surface area contributed by atoms with E-state index < -0.39 is 76.2 Å². The van der Waals surface area contributed by atoms with E-state index in [0.29, 0.717) is 72.8 Å². The average molecular weight is 1550 g/mol. The second-order valence-corrected chi connectivity index (χ2v) is 28.1. The number of nitrogens with one attached hydrogen (secondary N) is 3. The molecule has 23 nitrogen and oxygen atoms in total. The molecule has 28 heteroatoms. The predicted molar refractivity (Wildman–Crippen MR) is 337 cm³/mol. The van der Waals surface area contributed by atoms with Crippen molar-refractivity contribution in [2.45, 2.75) is 115 Å². The summed E-state index contributed by atoms with van der Waals surface area (Å²) in [5, 5.41) is 16.1. The normalized spacial score (nSPS) is 16.6. The van der Waals surface area contributed by atoms with Gasteiger partial charge in [-0.3, -0.25) is 23.7 Å². The fourth-order valence-electron chi connectivity index (χ4n) is 11.6. The third kappa shape index (κ3) is 18.2. The zero-order valence-corrected chi connectivity index (χ0v) is 59.0. The third-order valence-electron chi connectivity index (χ3n) is 16.1. The van der Waals surface area contributed by atoms with Crippen molar-refractivity contribution in [1.29, 1.82) is 0 Å². The Morgan fingerprint density at radius 2 is 1.55 bits per heavy atom. The number of carboxylic acids is 1. The molecule has 4 aromatic carbocycles. The number of nitrogens with zero attached hydrogens (tertiary/aromatic N) is 5. The second-order valence-electron chi connectivity index (χ2n) is 23.5. The van der Waals surface area contributed by atoms with Crippen molar-refractivity contribution in [2.75, 3.05) is 40.5 Å². The summed E-state index contributed by atoms with van der Waals surface area (Å²) in [6, 6.07) is 23.3. The topological polar surface area (TPSA) is 357 Å². The zero-order valence-electron chi connectivity index (χ0n) is 50.8. The standard InChI is InChI=1S/C63H71N9O14S3.W.Y/c1-39-13-25-51-48(33-39)62(2,3)53(71(51)29-6-8-31-87(77,78)79)27-19-42-11-10-12-43(20-28-54-63(4,5)49-34-41(38-89(83,84)85)16-26-52(49)72(54)30-7-9-32-88(80,81)82)56(42)86-47-23-14-40(15-24-47)35-50(60(75)76)68-58(73)44-17-21-45(22-18-44)65-36-46-37-66-57-55(67-46)59(74)70-61(64)69-57;;/h13-28,33-34,37,50H,6-12,29-32,35-36,38H2,1-5H3,(H8-,64,65,66,68,69,70,73,74,75,76,77,78,79,80,81,82,83,84,85);;/t50-;;/m0../s1/i14+1,15+1,23+1,35+1,40+1,47+1;;. The molecule has 0 spiro atoms. The number of anilines is 3. The van der Waals surface area contributed by atoms with E-state index in [4.69, 9.17) is 10.5 Å². The minimum atomic E-state index is -4.47. The molecule has 2 aliphatic heterocycles. The van der Waals surface area contributed by atoms with Crippen LogP contribution in [0.1, 0.15) is 117 Å². The molecule has 1 aliphatic carbocycles. The quantitative estimate of drug-likeness (QED) is 0.0123. The van der Waals surface area contributed by atoms with Crippen molar-refractivity contribution in [3.63, 3.8) is 0 Å². The van der Waals surface area contributed by atoms with Gasteiger partial charge in [0.2, 0.25) is 11.6 Å². The average Bonchev–Trinajstić information content (AvgIpc) is 1.60. The molecule has 1 amide bonds. The van der Waals surface area contributed by atoms with Crippen LogP contribution in [0.4, 0.5) is 23.0 Å². The molecule has 6 aromatic rings. The van der Waals surface area contributed by atoms with Gasteiger partial charge in [0.05, 0.1) is 39.7 Å². The molecule has 0 saturated carbocycles. The first-order valence-electron chi connectivity index (χ1n) is 28.9. The van der Waals surface area contributed by atoms with E-state index >= 15 is 0 Å². The van der Waals surface area contributed by atoms with E-state index in [0.717, 1.165) is 57.0 Å². The van der Waals surface area contributed by atoms with Crippen molar-refractivity contribution in [1.82, 2.24) is 25.3 Å². The summed E-state index contributed by atoms with van der Waals surface area (Å²) in [6.07, 6.45) is 12.5. The zero-order chi connectivity index (χ0) is 64.2. The number of nitrogen functional groups attached to an aromatic ring is 1. The van der Waals surface area contributed by atoms with Gasteiger partial charge in [-0.2, -0.15) is 26.4 Å². The molecule has 8 N–H and O–H groups in total. The van der Waals surface area contributed by atoms with Gasteiger partial charge in [-0.25, -0.2) is 23.2 Å². The molecule has 0 unspecified atom stereocenters. The van der Waals surface area contributed by atoms with Crippen LogP contribution >= 0.6 is 0 Å². The Kier molecular flexibility index (Phi) is 23.3. The number of aromatic nitrogens is 4. The number of aryl methyl sites for hydroxylation is 1. The molecule has 0 fully saturated rings. The second kappa shape index (κ2) is 29.6. The number of benzene rings is 4. The number of nitrogens with two attached hydrogens (primary N) is 1. The van der Waals surface area contributed by atoms with Gasteiger partial charge >= 0.3 is 5.97 Å². The van der Waals surface area contributed by atoms with Gasteiger partial charge in [-0.1, -0.05) is 55.8 Å². The maximum atomic E-state index is 13.5. The molecule has 3 aliphatic rings. The Labute approximate surface area is 568 Å². The van der Waals surface area contributed by atoms with Crippen LogP contribution in [0.25, 0.3) is 11.2 Å². The molecular formula is C63H71N9O14S3WY. The van der Waals surface area contributed by atoms with Crippen LogP contribution in [0.15, 0.2) is 143 Å². The molecule has 1 atom stereocenters. The Balaban J connectivity index is 0.00000588. The van der Waals surface area contributed by atoms with Crippen LogP contribution in [0.5, 0.6) is 5.75 Å². The number of carbonyl (C=O) groups excluding carboxylic acids is 1. The van der Waals surface area contributed by atoms with Crippen LogP contribution in [0.3, 0.4) is 0 Å². The number of H-pyrrole nitrogens is 1. The van der Waals surface area contributed by atoms with Gasteiger partial charge in [-0.05, 0) is 148 Å². The van der Waals surface area contributed by atoms with Gasteiger partial charge in [0.15, 0.2) is 16.9 Å². The van der Waals surface area contributed by atoms with E-state index in [9.17, 15) is 58.4 Å². The molecule has 4 heterocycles. The first-order valence-corrected chi connectivity index (χ1v) is 33.7. The number of fused-ring (bicyclic) bond motifs is 3. The molecule has 0 bridgehead atoms. The van der Waals surface area contributed by atoms with Crippen molar-refractivity contribution >= 4 is 82.1 Å². The van der Waals surface area contributed by atoms with Crippen molar-refractivity contribution < 1.29 is 117 Å². The first-order chi connectivity index (χ1) is 41.9. The van der Waals surface area contributed by atoms with Gasteiger partial charge < -0.3 is 35.7 Å². The van der Waals surface area contributed by atoms with Crippen LogP contribution in [-0.2, 0) is 118 Å². The van der Waals surface area contributed by atoms with Gasteiger partial charge in [0.25, 0.3) is 31.7 Å². The van der Waals surface area contributed by atoms with Crippen LogP contribution < -0.4 is 31.6 Å². The van der Waals surface area contributed by atoms with Crippen LogP contribution in [0, 0.1) is 6.92 Å². The van der Waals surface area contributed by atoms with Gasteiger partial charge in [0.1, 0.15) is 29.8 Å². The number of ether oxygens (including phenoxy) is 1. The summed E-state index contributed by atoms with van der Waals surface area (Å²) in [4.78, 5) is 55.6. The number of allylic oxidation sites excluding steroid dienone is 7. The number of aliphatic carboxylic acids is 1. The van der Waals surface area contributed by atoms with Crippen LogP contribution in [0.2, 0.25) is 0 Å². The van der Waals surface area contributed by atoms with Gasteiger partial charge in [-0.15, -0.1) is 0 Å². The van der Waals surface area contributed by atoms with Crippen molar-refractivity contribution in [3.05, 3.63) is 187 Å². The smallest absolute Gasteiger partial charge is 0.326 e. The summed E-state index contributed by atoms with van der Waals surface area (Å²) in [5.41, 5.74) is 14.3. The SMILES string of the molecule is Cc1ccc2c(c1)C(C)(C)/C(=C\C=C1/CCCC(/C=C/C3=[N+](CCCCS(=O)(=O)[O-])c4ccc(CS(=O)(=O)O)cc4C3(C)C)=C1O[13c]1c[13cH][13c]([13CH2][C@H](NC(=O)c3ccc(NCc4cnc5nc(N)[nH]c(=O)c5n4)cc3)C(=O)O)[13cH][13cH]1)N2CCCCS(=O)(=O)O.[W].[Y]. The van der Waals surface area contributed by atoms with Crippen LogP contribution in [-0.4, -0.2) is 117 Å². The number of hydrogen-bond acceptors (Lipinski definition) is 17. The molecule has 1 radical (unpaired) electrons. The largest absolute Gasteiger partial charge is 0.748 e. The number of aromatic amines is 1. The number of rotatable bonds is 25. The number of carboxylic acid groups (broad SMARTS) is 1. The van der Waals surface area contributed by atoms with E-state index in [1.807, 2.05) is 49.6 Å². The Morgan fingerprint density at radius 1 is 0.846 bits per heavy atom. The molecular weight excluding hydrogens is 1480 g/mol. The molecule has 2 aromatic heterocycles. The fraction of sp³-hybridized carbons (Fsp3) is 0.349. The number of hydrogen-bond donors (Lipinski definition) is 7. The maximum absolute atomic E-state index is 13.5. The molecule has 91 heavy (non-hydrogen) atoms. The van der Waals surface area contributed by atoms with Crippen molar-refractivity contribution in [3.8, 4) is 5.75 Å². The summed E-state index contributed by atoms with van der Waals surface area (Å²) in [6.45, 7) is 11.3. The van der Waals surface area contributed by atoms with Crippen molar-refractivity contribution in [2.24, 2.45) is 0 Å². The Morgan fingerprint density at radius 3 is 2.23 bits per heavy atom. The Bertz CT molecular complexity index is 4340. The number of unbranched alkanes of at least 4 members (excludes halogenated alkanes) is 2. The summed E-state index contributed by atoms with van der Waals surface area (Å²) in [5.74, 6) is -2.46. The fourth-order valence-corrected chi connectivity index (χ4v) is 13.3. The van der Waals surface area contributed by atoms with E-state index in [1.54, 1.807) is 66.7 Å².